The van der Waals surface area contributed by atoms with Crippen molar-refractivity contribution in [2.24, 2.45) is 0 Å². The highest BCUT2D eigenvalue weighted by molar-refractivity contribution is 5.95. The van der Waals surface area contributed by atoms with Crippen LogP contribution in [0.15, 0.2) is 18.5 Å². The van der Waals surface area contributed by atoms with Gasteiger partial charge in [-0.1, -0.05) is 6.92 Å². The Bertz CT molecular complexity index is 422. The first-order valence-electron chi connectivity index (χ1n) is 6.07. The highest BCUT2D eigenvalue weighted by atomic mass is 19.1. The Morgan fingerprint density at radius 2 is 2.35 bits per heavy atom. The minimum atomic E-state index is -0.536. The van der Waals surface area contributed by atoms with Crippen LogP contribution in [0.4, 0.5) is 4.39 Å². The maximum Gasteiger partial charge on any atom is 0.257 e. The van der Waals surface area contributed by atoms with Crippen LogP contribution in [0.2, 0.25) is 0 Å². The van der Waals surface area contributed by atoms with Crippen molar-refractivity contribution in [2.45, 2.75) is 45.2 Å². The van der Waals surface area contributed by atoms with Crippen molar-refractivity contribution in [3.05, 3.63) is 29.8 Å². The number of carbonyl (C=O) groups is 1. The van der Waals surface area contributed by atoms with E-state index in [-0.39, 0.29) is 23.6 Å². The summed E-state index contributed by atoms with van der Waals surface area (Å²) in [7, 11) is 0. The van der Waals surface area contributed by atoms with Gasteiger partial charge in [0.05, 0.1) is 11.8 Å². The van der Waals surface area contributed by atoms with Gasteiger partial charge in [-0.3, -0.25) is 9.78 Å². The number of nitrogens with zero attached hydrogens (tertiary/aromatic N) is 2. The zero-order valence-electron chi connectivity index (χ0n) is 10.2. The third-order valence-corrected chi connectivity index (χ3v) is 3.49. The monoisotopic (exact) mass is 236 g/mol. The molecule has 1 saturated heterocycles. The van der Waals surface area contributed by atoms with Gasteiger partial charge in [0.2, 0.25) is 0 Å². The van der Waals surface area contributed by atoms with E-state index in [1.54, 1.807) is 0 Å². The van der Waals surface area contributed by atoms with Gasteiger partial charge < -0.3 is 4.90 Å². The van der Waals surface area contributed by atoms with Crippen LogP contribution in [0.5, 0.6) is 0 Å². The summed E-state index contributed by atoms with van der Waals surface area (Å²) in [6.07, 6.45) is 5.47. The molecule has 1 aliphatic heterocycles. The van der Waals surface area contributed by atoms with Crippen LogP contribution in [0, 0.1) is 5.82 Å². The fraction of sp³-hybridized carbons (Fsp3) is 0.538. The third kappa shape index (κ3) is 2.16. The summed E-state index contributed by atoms with van der Waals surface area (Å²) in [6.45, 7) is 4.08. The molecule has 4 heteroatoms. The number of hydrogen-bond donors (Lipinski definition) is 0. The van der Waals surface area contributed by atoms with Gasteiger partial charge in [0.15, 0.2) is 5.82 Å². The van der Waals surface area contributed by atoms with E-state index < -0.39 is 5.82 Å². The number of carbonyl (C=O) groups excluding carboxylic acids is 1. The molecule has 1 aromatic heterocycles. The minimum absolute atomic E-state index is 0.132. The van der Waals surface area contributed by atoms with Crippen LogP contribution in [-0.4, -0.2) is 27.9 Å². The lowest BCUT2D eigenvalue weighted by molar-refractivity contribution is 0.0671. The van der Waals surface area contributed by atoms with Gasteiger partial charge >= 0.3 is 0 Å². The van der Waals surface area contributed by atoms with Crippen LogP contribution in [-0.2, 0) is 0 Å². The fourth-order valence-corrected chi connectivity index (χ4v) is 2.53. The summed E-state index contributed by atoms with van der Waals surface area (Å²) in [5, 5.41) is 0. The van der Waals surface area contributed by atoms with Gasteiger partial charge in [-0.2, -0.15) is 0 Å². The van der Waals surface area contributed by atoms with E-state index in [0.717, 1.165) is 25.5 Å². The van der Waals surface area contributed by atoms with Gasteiger partial charge in [-0.15, -0.1) is 0 Å². The van der Waals surface area contributed by atoms with Crippen molar-refractivity contribution < 1.29 is 9.18 Å². The maximum absolute atomic E-state index is 13.5. The molecule has 1 fully saturated rings. The quantitative estimate of drug-likeness (QED) is 0.790. The zero-order chi connectivity index (χ0) is 12.4. The zero-order valence-corrected chi connectivity index (χ0v) is 10.2. The molecule has 1 aromatic rings. The Morgan fingerprint density at radius 1 is 1.59 bits per heavy atom. The average molecular weight is 236 g/mol. The van der Waals surface area contributed by atoms with E-state index in [0.29, 0.717) is 0 Å². The molecule has 3 nitrogen and oxygen atoms in total. The van der Waals surface area contributed by atoms with E-state index in [2.05, 4.69) is 11.9 Å². The number of rotatable bonds is 2. The van der Waals surface area contributed by atoms with Crippen molar-refractivity contribution in [1.82, 2.24) is 9.88 Å². The van der Waals surface area contributed by atoms with Crippen LogP contribution < -0.4 is 0 Å². The minimum Gasteiger partial charge on any atom is -0.333 e. The van der Waals surface area contributed by atoms with Gasteiger partial charge in [-0.25, -0.2) is 4.39 Å². The van der Waals surface area contributed by atoms with Crippen molar-refractivity contribution >= 4 is 5.91 Å². The van der Waals surface area contributed by atoms with Crippen LogP contribution >= 0.6 is 0 Å². The molecular weight excluding hydrogens is 219 g/mol. The Labute approximate surface area is 101 Å². The van der Waals surface area contributed by atoms with Gasteiger partial charge in [0.25, 0.3) is 5.91 Å². The first-order valence-corrected chi connectivity index (χ1v) is 6.07. The molecule has 0 N–H and O–H groups in total. The molecule has 0 aromatic carbocycles. The van der Waals surface area contributed by atoms with Gasteiger partial charge in [0.1, 0.15) is 0 Å². The van der Waals surface area contributed by atoms with E-state index in [1.807, 2.05) is 11.8 Å². The van der Waals surface area contributed by atoms with E-state index in [4.69, 9.17) is 0 Å². The number of halogens is 1. The van der Waals surface area contributed by atoms with E-state index in [9.17, 15) is 9.18 Å². The Kier molecular flexibility index (Phi) is 3.41. The number of hydrogen-bond acceptors (Lipinski definition) is 2. The summed E-state index contributed by atoms with van der Waals surface area (Å²) in [5.41, 5.74) is 0.132. The first kappa shape index (κ1) is 12.0. The van der Waals surface area contributed by atoms with E-state index in [1.165, 1.54) is 12.3 Å². The molecule has 0 aliphatic carbocycles. The Balaban J connectivity index is 2.28. The maximum atomic E-state index is 13.5. The Morgan fingerprint density at radius 3 is 3.00 bits per heavy atom. The standard InChI is InChI=1S/C13H17FN2O/c1-3-10-5-4-9(2)16(10)13(17)11-6-7-15-8-12(11)14/h6-10H,3-5H2,1-2H3. The predicted molar refractivity (Wildman–Crippen MR) is 63.1 cm³/mol. The smallest absolute Gasteiger partial charge is 0.257 e. The first-order chi connectivity index (χ1) is 8.15. The molecule has 1 amide bonds. The SMILES string of the molecule is CCC1CCC(C)N1C(=O)c1ccncc1F. The summed E-state index contributed by atoms with van der Waals surface area (Å²) in [4.78, 5) is 17.8. The molecule has 0 radical (unpaired) electrons. The average Bonchev–Trinajstić information content (AvgIpc) is 2.70. The van der Waals surface area contributed by atoms with Crippen LogP contribution in [0.1, 0.15) is 43.5 Å². The van der Waals surface area contributed by atoms with Crippen molar-refractivity contribution in [3.8, 4) is 0 Å². The molecule has 2 unspecified atom stereocenters. The van der Waals surface area contributed by atoms with Gasteiger partial charge in [-0.05, 0) is 32.3 Å². The molecule has 1 aliphatic rings. The molecule has 2 rings (SSSR count). The molecular formula is C13H17FN2O. The number of pyridine rings is 1. The normalized spacial score (nSPS) is 24.1. The second kappa shape index (κ2) is 4.82. The molecule has 0 bridgehead atoms. The third-order valence-electron chi connectivity index (χ3n) is 3.49. The highest BCUT2D eigenvalue weighted by Crippen LogP contribution is 2.28. The second-order valence-corrected chi connectivity index (χ2v) is 4.56. The van der Waals surface area contributed by atoms with Crippen molar-refractivity contribution in [1.29, 1.82) is 0 Å². The van der Waals surface area contributed by atoms with Crippen molar-refractivity contribution in [3.63, 3.8) is 0 Å². The molecule has 92 valence electrons. The van der Waals surface area contributed by atoms with Crippen LogP contribution in [0.3, 0.4) is 0 Å². The second-order valence-electron chi connectivity index (χ2n) is 4.56. The molecule has 0 spiro atoms. The summed E-state index contributed by atoms with van der Waals surface area (Å²) in [6, 6.07) is 1.89. The number of aromatic nitrogens is 1. The summed E-state index contributed by atoms with van der Waals surface area (Å²) < 4.78 is 13.5. The van der Waals surface area contributed by atoms with Gasteiger partial charge in [0, 0.05) is 18.3 Å². The highest BCUT2D eigenvalue weighted by Gasteiger charge is 2.34. The largest absolute Gasteiger partial charge is 0.333 e. The summed E-state index contributed by atoms with van der Waals surface area (Å²) in [5.74, 6) is -0.742. The topological polar surface area (TPSA) is 33.2 Å². The Hall–Kier alpha value is -1.45. The molecule has 2 heterocycles. The lowest BCUT2D eigenvalue weighted by Crippen LogP contribution is -2.40. The summed E-state index contributed by atoms with van der Waals surface area (Å²) >= 11 is 0. The fourth-order valence-electron chi connectivity index (χ4n) is 2.53. The predicted octanol–water partition coefficient (Wildman–Crippen LogP) is 2.62. The van der Waals surface area contributed by atoms with E-state index >= 15 is 0 Å². The lowest BCUT2D eigenvalue weighted by atomic mass is 10.1. The molecule has 0 saturated carbocycles. The lowest BCUT2D eigenvalue weighted by Gasteiger charge is -2.28. The van der Waals surface area contributed by atoms with Crippen molar-refractivity contribution in [2.75, 3.05) is 0 Å². The van der Waals surface area contributed by atoms with Crippen LogP contribution in [0.25, 0.3) is 0 Å². The molecule has 2 atom stereocenters. The molecule has 17 heavy (non-hydrogen) atoms. The number of amides is 1. The number of likely N-dealkylation sites (tertiary alicyclic amines) is 1.